The third kappa shape index (κ3) is 2.88. The summed E-state index contributed by atoms with van der Waals surface area (Å²) in [5.74, 6) is 0.471. The predicted octanol–water partition coefficient (Wildman–Crippen LogP) is 1.55. The molecule has 0 saturated carbocycles. The van der Waals surface area contributed by atoms with Crippen molar-refractivity contribution in [3.05, 3.63) is 34.2 Å². The van der Waals surface area contributed by atoms with Gasteiger partial charge in [-0.05, 0) is 20.0 Å². The molecule has 1 heterocycles. The van der Waals surface area contributed by atoms with Crippen LogP contribution in [0.3, 0.4) is 0 Å². The van der Waals surface area contributed by atoms with Crippen molar-refractivity contribution >= 4 is 16.8 Å². The topological polar surface area (TPSA) is 92.6 Å². The largest absolute Gasteiger partial charge is 0.439 e. The zero-order valence-electron chi connectivity index (χ0n) is 10.7. The number of nitro benzene ring substituents is 1. The molecule has 2 rings (SSSR count). The molecule has 1 aromatic heterocycles. The molecule has 1 atom stereocenters. The molecule has 102 valence electrons. The normalized spacial score (nSPS) is 13.1. The number of fused-ring (bicyclic) bond motifs is 1. The van der Waals surface area contributed by atoms with E-state index in [1.165, 1.54) is 12.1 Å². The summed E-state index contributed by atoms with van der Waals surface area (Å²) >= 11 is 0. The lowest BCUT2D eigenvalue weighted by molar-refractivity contribution is -0.384. The lowest BCUT2D eigenvalue weighted by Crippen LogP contribution is -2.31. The summed E-state index contributed by atoms with van der Waals surface area (Å²) in [6, 6.07) is 4.30. The van der Waals surface area contributed by atoms with Crippen LogP contribution in [0.4, 0.5) is 5.69 Å². The van der Waals surface area contributed by atoms with E-state index in [0.29, 0.717) is 23.5 Å². The van der Waals surface area contributed by atoms with Gasteiger partial charge in [-0.15, -0.1) is 0 Å². The third-order valence-corrected chi connectivity index (χ3v) is 3.03. The molecule has 0 amide bonds. The number of hydrogen-bond donors (Lipinski definition) is 1. The number of oxazole rings is 1. The number of aromatic nitrogens is 1. The minimum absolute atomic E-state index is 0.00979. The number of aliphatic hydroxyl groups is 1. The Morgan fingerprint density at radius 1 is 1.58 bits per heavy atom. The first-order valence-electron chi connectivity index (χ1n) is 5.86. The number of nitro groups is 1. The Balaban J connectivity index is 2.24. The molecule has 0 aliphatic heterocycles. The fraction of sp³-hybridized carbons (Fsp3) is 0.417. The summed E-state index contributed by atoms with van der Waals surface area (Å²) in [6.07, 6.45) is 0. The lowest BCUT2D eigenvalue weighted by atomic mass is 10.3. The van der Waals surface area contributed by atoms with Gasteiger partial charge in [0.15, 0.2) is 5.58 Å². The molecule has 0 aliphatic carbocycles. The fourth-order valence-corrected chi connectivity index (χ4v) is 1.65. The first-order chi connectivity index (χ1) is 9.01. The Labute approximate surface area is 109 Å². The van der Waals surface area contributed by atoms with E-state index in [9.17, 15) is 10.1 Å². The van der Waals surface area contributed by atoms with Crippen molar-refractivity contribution in [3.63, 3.8) is 0 Å². The lowest BCUT2D eigenvalue weighted by Gasteiger charge is -2.20. The Morgan fingerprint density at radius 2 is 2.32 bits per heavy atom. The van der Waals surface area contributed by atoms with Gasteiger partial charge in [-0.25, -0.2) is 4.98 Å². The predicted molar refractivity (Wildman–Crippen MR) is 68.7 cm³/mol. The Hall–Kier alpha value is -1.99. The van der Waals surface area contributed by atoms with E-state index < -0.39 is 4.92 Å². The highest BCUT2D eigenvalue weighted by molar-refractivity contribution is 5.75. The van der Waals surface area contributed by atoms with Gasteiger partial charge in [0, 0.05) is 18.2 Å². The third-order valence-electron chi connectivity index (χ3n) is 3.03. The number of benzene rings is 1. The van der Waals surface area contributed by atoms with E-state index in [0.717, 1.165) is 0 Å². The van der Waals surface area contributed by atoms with Crippen LogP contribution in [0.2, 0.25) is 0 Å². The average molecular weight is 265 g/mol. The molecule has 7 heteroatoms. The summed E-state index contributed by atoms with van der Waals surface area (Å²) in [5, 5.41) is 19.7. The monoisotopic (exact) mass is 265 g/mol. The van der Waals surface area contributed by atoms with Gasteiger partial charge in [0.05, 0.1) is 18.1 Å². The quantitative estimate of drug-likeness (QED) is 0.651. The van der Waals surface area contributed by atoms with Crippen LogP contribution in [0, 0.1) is 10.1 Å². The molecule has 1 unspecified atom stereocenters. The second-order valence-electron chi connectivity index (χ2n) is 4.46. The van der Waals surface area contributed by atoms with E-state index in [2.05, 4.69) is 4.98 Å². The van der Waals surface area contributed by atoms with Crippen molar-refractivity contribution in [2.75, 3.05) is 13.7 Å². The van der Waals surface area contributed by atoms with Gasteiger partial charge in [-0.1, -0.05) is 0 Å². The number of aliphatic hydroxyl groups excluding tert-OH is 1. The van der Waals surface area contributed by atoms with E-state index in [4.69, 9.17) is 9.52 Å². The van der Waals surface area contributed by atoms with Crippen LogP contribution in [-0.2, 0) is 6.54 Å². The molecule has 1 N–H and O–H groups in total. The zero-order valence-corrected chi connectivity index (χ0v) is 10.7. The summed E-state index contributed by atoms with van der Waals surface area (Å²) in [6.45, 7) is 2.36. The second kappa shape index (κ2) is 5.33. The first kappa shape index (κ1) is 13.4. The van der Waals surface area contributed by atoms with Gasteiger partial charge in [0.25, 0.3) is 5.69 Å². The van der Waals surface area contributed by atoms with Crippen LogP contribution >= 0.6 is 0 Å². The highest BCUT2D eigenvalue weighted by atomic mass is 16.6. The molecule has 1 aromatic carbocycles. The van der Waals surface area contributed by atoms with E-state index in [1.54, 1.807) is 6.07 Å². The summed E-state index contributed by atoms with van der Waals surface area (Å²) in [7, 11) is 1.85. The van der Waals surface area contributed by atoms with Gasteiger partial charge in [0.1, 0.15) is 5.52 Å². The smallest absolute Gasteiger partial charge is 0.271 e. The summed E-state index contributed by atoms with van der Waals surface area (Å²) in [5.41, 5.74) is 0.976. The van der Waals surface area contributed by atoms with Gasteiger partial charge in [-0.3, -0.25) is 15.0 Å². The molecule has 19 heavy (non-hydrogen) atoms. The molecule has 0 saturated heterocycles. The Bertz CT molecular complexity index is 596. The molecular formula is C12H15N3O4. The second-order valence-corrected chi connectivity index (χ2v) is 4.46. The van der Waals surface area contributed by atoms with Crippen LogP contribution in [0.1, 0.15) is 12.8 Å². The number of rotatable bonds is 5. The van der Waals surface area contributed by atoms with Crippen LogP contribution < -0.4 is 0 Å². The number of nitrogens with zero attached hydrogens (tertiary/aromatic N) is 3. The first-order valence-corrected chi connectivity index (χ1v) is 5.86. The van der Waals surface area contributed by atoms with Gasteiger partial charge in [-0.2, -0.15) is 0 Å². The maximum atomic E-state index is 10.7. The van der Waals surface area contributed by atoms with Crippen molar-refractivity contribution in [2.45, 2.75) is 19.5 Å². The highest BCUT2D eigenvalue weighted by Gasteiger charge is 2.14. The maximum absolute atomic E-state index is 10.7. The molecular weight excluding hydrogens is 250 g/mol. The van der Waals surface area contributed by atoms with Crippen LogP contribution in [-0.4, -0.2) is 39.6 Å². The molecule has 2 aromatic rings. The van der Waals surface area contributed by atoms with Crippen molar-refractivity contribution in [1.29, 1.82) is 0 Å². The summed E-state index contributed by atoms with van der Waals surface area (Å²) in [4.78, 5) is 16.3. The van der Waals surface area contributed by atoms with Crippen molar-refractivity contribution < 1.29 is 14.4 Å². The number of non-ortho nitro benzene ring substituents is 1. The molecule has 0 fully saturated rings. The number of hydrogen-bond acceptors (Lipinski definition) is 6. The Kier molecular flexibility index (Phi) is 3.77. The Morgan fingerprint density at radius 3 is 2.95 bits per heavy atom. The molecule has 0 aliphatic rings. The SMILES string of the molecule is CC(CO)N(C)Cc1nc2cc([N+](=O)[O-])ccc2o1. The van der Waals surface area contributed by atoms with Crippen molar-refractivity contribution in [1.82, 2.24) is 9.88 Å². The van der Waals surface area contributed by atoms with Crippen LogP contribution in [0.15, 0.2) is 22.6 Å². The van der Waals surface area contributed by atoms with E-state index >= 15 is 0 Å². The maximum Gasteiger partial charge on any atom is 0.271 e. The van der Waals surface area contributed by atoms with E-state index in [-0.39, 0.29) is 18.3 Å². The molecule has 0 radical (unpaired) electrons. The minimum atomic E-state index is -0.465. The van der Waals surface area contributed by atoms with Crippen LogP contribution in [0.25, 0.3) is 11.1 Å². The van der Waals surface area contributed by atoms with E-state index in [1.807, 2.05) is 18.9 Å². The molecule has 7 nitrogen and oxygen atoms in total. The molecule has 0 spiro atoms. The van der Waals surface area contributed by atoms with Crippen molar-refractivity contribution in [2.24, 2.45) is 0 Å². The number of likely N-dealkylation sites (N-methyl/N-ethyl adjacent to an activating group) is 1. The van der Waals surface area contributed by atoms with Crippen molar-refractivity contribution in [3.8, 4) is 0 Å². The van der Waals surface area contributed by atoms with Gasteiger partial charge >= 0.3 is 0 Å². The van der Waals surface area contributed by atoms with Gasteiger partial charge < -0.3 is 9.52 Å². The fourth-order valence-electron chi connectivity index (χ4n) is 1.65. The van der Waals surface area contributed by atoms with Crippen LogP contribution in [0.5, 0.6) is 0 Å². The summed E-state index contributed by atoms with van der Waals surface area (Å²) < 4.78 is 5.51. The highest BCUT2D eigenvalue weighted by Crippen LogP contribution is 2.22. The minimum Gasteiger partial charge on any atom is -0.439 e. The van der Waals surface area contributed by atoms with Gasteiger partial charge in [0.2, 0.25) is 5.89 Å². The standard InChI is InChI=1S/C12H15N3O4/c1-8(7-16)14(2)6-12-13-10-5-9(15(17)18)3-4-11(10)19-12/h3-5,8,16H,6-7H2,1-2H3. The average Bonchev–Trinajstić information content (AvgIpc) is 2.78. The molecule has 0 bridgehead atoms. The zero-order chi connectivity index (χ0) is 14.0.